The molecule has 0 saturated carbocycles. The van der Waals surface area contributed by atoms with E-state index < -0.39 is 5.82 Å². The number of carbonyl (C=O) groups excluding carboxylic acids is 1. The Labute approximate surface area is 124 Å². The summed E-state index contributed by atoms with van der Waals surface area (Å²) in [6.45, 7) is 8.58. The van der Waals surface area contributed by atoms with Gasteiger partial charge in [-0.15, -0.1) is 0 Å². The Morgan fingerprint density at radius 1 is 1.30 bits per heavy atom. The maximum absolute atomic E-state index is 13.0. The number of nitrogens with zero attached hydrogens (tertiary/aromatic N) is 2. The summed E-state index contributed by atoms with van der Waals surface area (Å²) in [6, 6.07) is 3.92. The predicted octanol–water partition coefficient (Wildman–Crippen LogP) is 2.89. The Balaban J connectivity index is 1.98. The van der Waals surface area contributed by atoms with E-state index in [0.717, 1.165) is 19.6 Å². The Morgan fingerprint density at radius 2 is 1.95 bits per heavy atom. The van der Waals surface area contributed by atoms with Crippen LogP contribution >= 0.6 is 11.6 Å². The van der Waals surface area contributed by atoms with Crippen molar-refractivity contribution >= 4 is 17.5 Å². The molecule has 2 rings (SSSR count). The van der Waals surface area contributed by atoms with Crippen molar-refractivity contribution in [1.82, 2.24) is 9.80 Å². The van der Waals surface area contributed by atoms with E-state index in [1.807, 2.05) is 0 Å². The second-order valence-corrected chi connectivity index (χ2v) is 6.02. The second kappa shape index (κ2) is 6.55. The summed E-state index contributed by atoms with van der Waals surface area (Å²) in [6.07, 6.45) is 0. The predicted molar refractivity (Wildman–Crippen MR) is 78.6 cm³/mol. The van der Waals surface area contributed by atoms with Gasteiger partial charge in [-0.25, -0.2) is 4.39 Å². The molecule has 0 N–H and O–H groups in total. The quantitative estimate of drug-likeness (QED) is 0.857. The van der Waals surface area contributed by atoms with Crippen LogP contribution in [-0.2, 0) is 0 Å². The molecule has 0 spiro atoms. The highest BCUT2D eigenvalue weighted by molar-refractivity contribution is 6.33. The van der Waals surface area contributed by atoms with Crippen molar-refractivity contribution in [2.24, 2.45) is 5.92 Å². The van der Waals surface area contributed by atoms with Gasteiger partial charge in [0.2, 0.25) is 0 Å². The summed E-state index contributed by atoms with van der Waals surface area (Å²) >= 11 is 5.94. The molecule has 1 heterocycles. The van der Waals surface area contributed by atoms with Gasteiger partial charge < -0.3 is 4.90 Å². The fourth-order valence-electron chi connectivity index (χ4n) is 2.48. The van der Waals surface area contributed by atoms with E-state index in [2.05, 4.69) is 18.7 Å². The SMILES string of the molecule is CC(C)CN1CCN(C(=O)c2ccc(F)cc2Cl)CC1. The lowest BCUT2D eigenvalue weighted by molar-refractivity contribution is 0.0624. The lowest BCUT2D eigenvalue weighted by Gasteiger charge is -2.35. The molecular formula is C15H20ClFN2O. The average Bonchev–Trinajstić information content (AvgIpc) is 2.38. The Kier molecular flexibility index (Phi) is 5.00. The third kappa shape index (κ3) is 3.70. The van der Waals surface area contributed by atoms with Gasteiger partial charge in [0.15, 0.2) is 0 Å². The topological polar surface area (TPSA) is 23.6 Å². The first-order valence-corrected chi connectivity index (χ1v) is 7.32. The zero-order valence-corrected chi connectivity index (χ0v) is 12.7. The fraction of sp³-hybridized carbons (Fsp3) is 0.533. The van der Waals surface area contributed by atoms with Crippen molar-refractivity contribution in [1.29, 1.82) is 0 Å². The van der Waals surface area contributed by atoms with E-state index in [0.29, 0.717) is 24.6 Å². The Hall–Kier alpha value is -1.13. The smallest absolute Gasteiger partial charge is 0.255 e. The number of hydrogen-bond donors (Lipinski definition) is 0. The number of rotatable bonds is 3. The summed E-state index contributed by atoms with van der Waals surface area (Å²) in [5.41, 5.74) is 0.380. The van der Waals surface area contributed by atoms with Gasteiger partial charge in [0.1, 0.15) is 5.82 Å². The number of amides is 1. The normalized spacial score (nSPS) is 16.8. The van der Waals surface area contributed by atoms with Crippen molar-refractivity contribution in [3.8, 4) is 0 Å². The van der Waals surface area contributed by atoms with Crippen LogP contribution < -0.4 is 0 Å². The number of benzene rings is 1. The molecule has 5 heteroatoms. The first-order valence-electron chi connectivity index (χ1n) is 6.94. The molecule has 0 atom stereocenters. The monoisotopic (exact) mass is 298 g/mol. The van der Waals surface area contributed by atoms with Gasteiger partial charge in [-0.1, -0.05) is 25.4 Å². The van der Waals surface area contributed by atoms with Crippen LogP contribution in [0.4, 0.5) is 4.39 Å². The minimum Gasteiger partial charge on any atom is -0.336 e. The Morgan fingerprint density at radius 3 is 2.50 bits per heavy atom. The lowest BCUT2D eigenvalue weighted by Crippen LogP contribution is -2.49. The van der Waals surface area contributed by atoms with Crippen molar-refractivity contribution in [3.05, 3.63) is 34.6 Å². The van der Waals surface area contributed by atoms with E-state index in [1.54, 1.807) is 4.90 Å². The van der Waals surface area contributed by atoms with Crippen molar-refractivity contribution < 1.29 is 9.18 Å². The van der Waals surface area contributed by atoms with Crippen molar-refractivity contribution in [3.63, 3.8) is 0 Å². The number of carbonyl (C=O) groups is 1. The Bertz CT molecular complexity index is 485. The zero-order valence-electron chi connectivity index (χ0n) is 11.9. The summed E-state index contributed by atoms with van der Waals surface area (Å²) < 4.78 is 13.0. The molecule has 0 radical (unpaired) electrons. The highest BCUT2D eigenvalue weighted by Gasteiger charge is 2.23. The molecule has 0 bridgehead atoms. The standard InChI is InChI=1S/C15H20ClFN2O/c1-11(2)10-18-5-7-19(8-6-18)15(20)13-4-3-12(17)9-14(13)16/h3-4,9,11H,5-8,10H2,1-2H3. The van der Waals surface area contributed by atoms with Gasteiger partial charge in [0, 0.05) is 32.7 Å². The summed E-state index contributed by atoms with van der Waals surface area (Å²) in [7, 11) is 0. The molecule has 20 heavy (non-hydrogen) atoms. The minimum absolute atomic E-state index is 0.112. The van der Waals surface area contributed by atoms with Gasteiger partial charge in [-0.2, -0.15) is 0 Å². The molecule has 1 aromatic rings. The van der Waals surface area contributed by atoms with Crippen LogP contribution in [0.2, 0.25) is 5.02 Å². The first-order chi connectivity index (χ1) is 9.47. The minimum atomic E-state index is -0.423. The average molecular weight is 299 g/mol. The van der Waals surface area contributed by atoms with Crippen molar-refractivity contribution in [2.45, 2.75) is 13.8 Å². The van der Waals surface area contributed by atoms with Gasteiger partial charge >= 0.3 is 0 Å². The number of hydrogen-bond acceptors (Lipinski definition) is 2. The molecule has 1 saturated heterocycles. The molecule has 1 aromatic carbocycles. The zero-order chi connectivity index (χ0) is 14.7. The molecule has 3 nitrogen and oxygen atoms in total. The molecule has 0 aromatic heterocycles. The van der Waals surface area contributed by atoms with E-state index in [9.17, 15) is 9.18 Å². The van der Waals surface area contributed by atoms with Gasteiger partial charge in [-0.3, -0.25) is 9.69 Å². The molecule has 1 aliphatic heterocycles. The van der Waals surface area contributed by atoms with Gasteiger partial charge in [-0.05, 0) is 24.1 Å². The molecular weight excluding hydrogens is 279 g/mol. The number of piperazine rings is 1. The largest absolute Gasteiger partial charge is 0.336 e. The van der Waals surface area contributed by atoms with Gasteiger partial charge in [0.25, 0.3) is 5.91 Å². The van der Waals surface area contributed by atoms with Crippen LogP contribution in [-0.4, -0.2) is 48.4 Å². The third-order valence-corrected chi connectivity index (χ3v) is 3.76. The van der Waals surface area contributed by atoms with E-state index in [4.69, 9.17) is 11.6 Å². The van der Waals surface area contributed by atoms with E-state index in [-0.39, 0.29) is 10.9 Å². The maximum Gasteiger partial charge on any atom is 0.255 e. The molecule has 110 valence electrons. The maximum atomic E-state index is 13.0. The highest BCUT2D eigenvalue weighted by atomic mass is 35.5. The van der Waals surface area contributed by atoms with Crippen molar-refractivity contribution in [2.75, 3.05) is 32.7 Å². The van der Waals surface area contributed by atoms with Crippen LogP contribution in [0.5, 0.6) is 0 Å². The molecule has 0 aliphatic carbocycles. The molecule has 1 amide bonds. The summed E-state index contributed by atoms with van der Waals surface area (Å²) in [5, 5.41) is 0.180. The fourth-order valence-corrected chi connectivity index (χ4v) is 2.73. The van der Waals surface area contributed by atoms with E-state index >= 15 is 0 Å². The lowest BCUT2D eigenvalue weighted by atomic mass is 10.1. The third-order valence-electron chi connectivity index (χ3n) is 3.44. The summed E-state index contributed by atoms with van der Waals surface area (Å²) in [5.74, 6) is 0.0938. The first kappa shape index (κ1) is 15.3. The molecule has 0 unspecified atom stereocenters. The second-order valence-electron chi connectivity index (χ2n) is 5.61. The highest BCUT2D eigenvalue weighted by Crippen LogP contribution is 2.20. The van der Waals surface area contributed by atoms with E-state index in [1.165, 1.54) is 18.2 Å². The number of halogens is 2. The van der Waals surface area contributed by atoms with Crippen LogP contribution in [0.15, 0.2) is 18.2 Å². The van der Waals surface area contributed by atoms with Crippen LogP contribution in [0.1, 0.15) is 24.2 Å². The van der Waals surface area contributed by atoms with Gasteiger partial charge in [0.05, 0.1) is 10.6 Å². The molecule has 1 aliphatic rings. The molecule has 1 fully saturated rings. The van der Waals surface area contributed by atoms with Crippen LogP contribution in [0, 0.1) is 11.7 Å². The van der Waals surface area contributed by atoms with Crippen LogP contribution in [0.3, 0.4) is 0 Å². The summed E-state index contributed by atoms with van der Waals surface area (Å²) in [4.78, 5) is 16.5. The van der Waals surface area contributed by atoms with Crippen LogP contribution in [0.25, 0.3) is 0 Å².